The van der Waals surface area contributed by atoms with Gasteiger partial charge in [-0.2, -0.15) is 5.10 Å². The molecule has 1 N–H and O–H groups in total. The highest BCUT2D eigenvalue weighted by Crippen LogP contribution is 2.08. The molecule has 18 heavy (non-hydrogen) atoms. The molecule has 2 aromatic rings. The topological polar surface area (TPSA) is 72.2 Å². The molecular weight excluding hydrogens is 232 g/mol. The molecule has 0 bridgehead atoms. The van der Waals surface area contributed by atoms with E-state index in [1.807, 2.05) is 6.92 Å². The monoisotopic (exact) mass is 244 g/mol. The molecule has 0 fully saturated rings. The van der Waals surface area contributed by atoms with Crippen molar-refractivity contribution < 1.29 is 14.7 Å². The van der Waals surface area contributed by atoms with Crippen LogP contribution in [-0.4, -0.2) is 27.1 Å². The van der Waals surface area contributed by atoms with Crippen LogP contribution in [0.1, 0.15) is 32.0 Å². The number of rotatable bonds is 4. The van der Waals surface area contributed by atoms with E-state index < -0.39 is 5.97 Å². The van der Waals surface area contributed by atoms with Crippen LogP contribution in [0.4, 0.5) is 0 Å². The highest BCUT2D eigenvalue weighted by Gasteiger charge is 2.05. The summed E-state index contributed by atoms with van der Waals surface area (Å²) in [6, 6.07) is 6.57. The summed E-state index contributed by atoms with van der Waals surface area (Å²) in [5, 5.41) is 12.9. The third-order valence-corrected chi connectivity index (χ3v) is 2.64. The molecule has 0 aliphatic heterocycles. The lowest BCUT2D eigenvalue weighted by Crippen LogP contribution is -2.02. The minimum absolute atomic E-state index is 0.254. The summed E-state index contributed by atoms with van der Waals surface area (Å²) in [7, 11) is 0. The first-order valence-corrected chi connectivity index (χ1v) is 5.41. The number of hydrogen-bond donors (Lipinski definition) is 1. The average Bonchev–Trinajstić information content (AvgIpc) is 2.70. The lowest BCUT2D eigenvalue weighted by atomic mass is 10.1. The van der Waals surface area contributed by atoms with E-state index in [-0.39, 0.29) is 5.56 Å². The number of carboxylic acids is 1. The zero-order valence-electron chi connectivity index (χ0n) is 9.83. The number of nitrogens with zero attached hydrogens (tertiary/aromatic N) is 2. The third-order valence-electron chi connectivity index (χ3n) is 2.64. The second-order valence-corrected chi connectivity index (χ2v) is 4.01. The van der Waals surface area contributed by atoms with Crippen LogP contribution in [0.3, 0.4) is 0 Å². The van der Waals surface area contributed by atoms with Crippen LogP contribution in [0.15, 0.2) is 30.5 Å². The van der Waals surface area contributed by atoms with E-state index in [0.717, 1.165) is 17.4 Å². The Bertz CT molecular complexity index is 585. The molecule has 5 nitrogen and oxygen atoms in total. The van der Waals surface area contributed by atoms with Crippen molar-refractivity contribution in [2.75, 3.05) is 0 Å². The number of hydrogen-bond acceptors (Lipinski definition) is 3. The fourth-order valence-corrected chi connectivity index (χ4v) is 1.67. The van der Waals surface area contributed by atoms with Crippen LogP contribution < -0.4 is 0 Å². The Kier molecular flexibility index (Phi) is 3.23. The lowest BCUT2D eigenvalue weighted by Gasteiger charge is -2.02. The fraction of sp³-hybridized carbons (Fsp3) is 0.154. The number of aryl methyl sites for hydroxylation is 1. The molecule has 0 atom stereocenters. The molecule has 0 aliphatic carbocycles. The summed E-state index contributed by atoms with van der Waals surface area (Å²) in [5.41, 5.74) is 2.44. The molecule has 1 aromatic heterocycles. The van der Waals surface area contributed by atoms with Crippen LogP contribution in [0.25, 0.3) is 0 Å². The predicted molar refractivity (Wildman–Crippen MR) is 64.9 cm³/mol. The number of aromatic nitrogens is 2. The molecule has 0 radical (unpaired) electrons. The molecule has 1 aromatic carbocycles. The van der Waals surface area contributed by atoms with Crippen LogP contribution >= 0.6 is 0 Å². The molecule has 0 saturated carbocycles. The van der Waals surface area contributed by atoms with Gasteiger partial charge in [0.15, 0.2) is 6.29 Å². The van der Waals surface area contributed by atoms with E-state index >= 15 is 0 Å². The number of carboxylic acid groups (broad SMARTS) is 1. The molecule has 92 valence electrons. The van der Waals surface area contributed by atoms with Gasteiger partial charge in [-0.3, -0.25) is 9.48 Å². The molecule has 1 heterocycles. The third kappa shape index (κ3) is 2.45. The number of benzene rings is 1. The smallest absolute Gasteiger partial charge is 0.335 e. The molecule has 2 rings (SSSR count). The van der Waals surface area contributed by atoms with E-state index in [4.69, 9.17) is 5.11 Å². The zero-order chi connectivity index (χ0) is 13.1. The normalized spacial score (nSPS) is 10.3. The Morgan fingerprint density at radius 3 is 2.56 bits per heavy atom. The van der Waals surface area contributed by atoms with Gasteiger partial charge in [-0.05, 0) is 30.2 Å². The molecular formula is C13H12N2O3. The summed E-state index contributed by atoms with van der Waals surface area (Å²) < 4.78 is 1.66. The summed E-state index contributed by atoms with van der Waals surface area (Å²) >= 11 is 0. The van der Waals surface area contributed by atoms with Crippen molar-refractivity contribution in [3.05, 3.63) is 52.8 Å². The van der Waals surface area contributed by atoms with Crippen LogP contribution in [0.5, 0.6) is 0 Å². The SMILES string of the molecule is Cc1cn(Cc2ccc(C(=O)O)cc2)nc1C=O. The Hall–Kier alpha value is -2.43. The summed E-state index contributed by atoms with van der Waals surface area (Å²) in [5.74, 6) is -0.945. The van der Waals surface area contributed by atoms with Crippen molar-refractivity contribution in [1.82, 2.24) is 9.78 Å². The van der Waals surface area contributed by atoms with E-state index in [1.54, 1.807) is 35.1 Å². The van der Waals surface area contributed by atoms with Gasteiger partial charge >= 0.3 is 5.97 Å². The molecule has 0 spiro atoms. The first-order valence-electron chi connectivity index (χ1n) is 5.41. The van der Waals surface area contributed by atoms with E-state index in [2.05, 4.69) is 5.10 Å². The first-order chi connectivity index (χ1) is 8.60. The first kappa shape index (κ1) is 12.0. The summed E-state index contributed by atoms with van der Waals surface area (Å²) in [6.07, 6.45) is 2.51. The van der Waals surface area contributed by atoms with Crippen molar-refractivity contribution >= 4 is 12.3 Å². The van der Waals surface area contributed by atoms with Crippen molar-refractivity contribution in [2.24, 2.45) is 0 Å². The zero-order valence-corrected chi connectivity index (χ0v) is 9.83. The maximum atomic E-state index is 10.7. The maximum absolute atomic E-state index is 10.7. The van der Waals surface area contributed by atoms with E-state index in [0.29, 0.717) is 12.2 Å². The van der Waals surface area contributed by atoms with Gasteiger partial charge < -0.3 is 5.11 Å². The minimum Gasteiger partial charge on any atom is -0.478 e. The Balaban J connectivity index is 2.17. The number of aldehydes is 1. The Morgan fingerprint density at radius 2 is 2.06 bits per heavy atom. The number of carbonyl (C=O) groups excluding carboxylic acids is 1. The minimum atomic E-state index is -0.945. The predicted octanol–water partition coefficient (Wildman–Crippen LogP) is 1.75. The fourth-order valence-electron chi connectivity index (χ4n) is 1.67. The van der Waals surface area contributed by atoms with Crippen LogP contribution in [-0.2, 0) is 6.54 Å². The Labute approximate surface area is 104 Å². The standard InChI is InChI=1S/C13H12N2O3/c1-9-6-15(14-12(9)8-16)7-10-2-4-11(5-3-10)13(17)18/h2-6,8H,7H2,1H3,(H,17,18). The van der Waals surface area contributed by atoms with Gasteiger partial charge in [-0.25, -0.2) is 4.79 Å². The van der Waals surface area contributed by atoms with Crippen molar-refractivity contribution in [3.8, 4) is 0 Å². The number of carbonyl (C=O) groups is 2. The lowest BCUT2D eigenvalue weighted by molar-refractivity contribution is 0.0696. The van der Waals surface area contributed by atoms with Crippen molar-refractivity contribution in [2.45, 2.75) is 13.5 Å². The van der Waals surface area contributed by atoms with Gasteiger partial charge in [-0.1, -0.05) is 12.1 Å². The molecule has 0 unspecified atom stereocenters. The molecule has 0 amide bonds. The number of aromatic carboxylic acids is 1. The van der Waals surface area contributed by atoms with Gasteiger partial charge in [0.05, 0.1) is 12.1 Å². The van der Waals surface area contributed by atoms with Gasteiger partial charge in [0.25, 0.3) is 0 Å². The van der Waals surface area contributed by atoms with E-state index in [9.17, 15) is 9.59 Å². The average molecular weight is 244 g/mol. The van der Waals surface area contributed by atoms with Gasteiger partial charge in [-0.15, -0.1) is 0 Å². The van der Waals surface area contributed by atoms with Crippen molar-refractivity contribution in [3.63, 3.8) is 0 Å². The second kappa shape index (κ2) is 4.83. The Morgan fingerprint density at radius 1 is 1.39 bits per heavy atom. The molecule has 5 heteroatoms. The second-order valence-electron chi connectivity index (χ2n) is 4.01. The molecule has 0 aliphatic rings. The quantitative estimate of drug-likeness (QED) is 0.831. The highest BCUT2D eigenvalue weighted by molar-refractivity contribution is 5.87. The summed E-state index contributed by atoms with van der Waals surface area (Å²) in [4.78, 5) is 21.4. The highest BCUT2D eigenvalue weighted by atomic mass is 16.4. The van der Waals surface area contributed by atoms with Gasteiger partial charge in [0.2, 0.25) is 0 Å². The summed E-state index contributed by atoms with van der Waals surface area (Å²) in [6.45, 7) is 2.33. The van der Waals surface area contributed by atoms with Gasteiger partial charge in [0.1, 0.15) is 5.69 Å². The molecule has 0 saturated heterocycles. The van der Waals surface area contributed by atoms with Crippen LogP contribution in [0, 0.1) is 6.92 Å². The van der Waals surface area contributed by atoms with Crippen molar-refractivity contribution in [1.29, 1.82) is 0 Å². The van der Waals surface area contributed by atoms with Gasteiger partial charge in [0, 0.05) is 6.20 Å². The largest absolute Gasteiger partial charge is 0.478 e. The van der Waals surface area contributed by atoms with Crippen LogP contribution in [0.2, 0.25) is 0 Å². The maximum Gasteiger partial charge on any atom is 0.335 e. The van der Waals surface area contributed by atoms with E-state index in [1.165, 1.54) is 0 Å².